The van der Waals surface area contributed by atoms with E-state index in [4.69, 9.17) is 16.0 Å². The minimum Gasteiger partial charge on any atom is -0.408 e. The molecule has 2 N–H and O–H groups in total. The molecule has 6 heteroatoms. The number of carbonyl (C=O) groups excluding carboxylic acids is 1. The van der Waals surface area contributed by atoms with Crippen molar-refractivity contribution in [3.05, 3.63) is 28.7 Å². The van der Waals surface area contributed by atoms with Gasteiger partial charge in [-0.3, -0.25) is 9.78 Å². The summed E-state index contributed by atoms with van der Waals surface area (Å²) in [4.78, 5) is 25.1. The Morgan fingerprint density at radius 1 is 1.59 bits per heavy atom. The van der Waals surface area contributed by atoms with Crippen molar-refractivity contribution in [2.45, 2.75) is 6.92 Å². The third kappa shape index (κ3) is 2.50. The molecule has 0 spiro atoms. The largest absolute Gasteiger partial charge is 0.417 e. The van der Waals surface area contributed by atoms with E-state index >= 15 is 0 Å². The number of anilines is 1. The maximum absolute atomic E-state index is 11.6. The molecule has 0 radical (unpaired) electrons. The minimum atomic E-state index is -0.516. The van der Waals surface area contributed by atoms with Crippen molar-refractivity contribution < 1.29 is 9.21 Å². The van der Waals surface area contributed by atoms with Crippen LogP contribution in [0.25, 0.3) is 11.1 Å². The van der Waals surface area contributed by atoms with Crippen LogP contribution in [0.2, 0.25) is 0 Å². The van der Waals surface area contributed by atoms with Crippen molar-refractivity contribution in [3.63, 3.8) is 0 Å². The van der Waals surface area contributed by atoms with Crippen LogP contribution in [0.5, 0.6) is 0 Å². The first-order valence-corrected chi connectivity index (χ1v) is 5.63. The number of oxazole rings is 1. The lowest BCUT2D eigenvalue weighted by Gasteiger charge is -2.08. The number of amides is 1. The Labute approximate surface area is 102 Å². The van der Waals surface area contributed by atoms with Crippen LogP contribution >= 0.6 is 11.6 Å². The van der Waals surface area contributed by atoms with E-state index in [-0.39, 0.29) is 17.7 Å². The van der Waals surface area contributed by atoms with Gasteiger partial charge in [0, 0.05) is 17.5 Å². The van der Waals surface area contributed by atoms with Crippen molar-refractivity contribution in [1.82, 2.24) is 4.98 Å². The fourth-order valence-electron chi connectivity index (χ4n) is 1.37. The minimum absolute atomic E-state index is 0.162. The standard InChI is InChI=1S/C11H11ClN2O3/c1-6(5-12)10(15)13-7-2-3-9-8(4-7)14-11(16)17-9/h2-4,6H,5H2,1H3,(H,13,15)(H,14,16). The number of alkyl halides is 1. The number of H-pyrrole nitrogens is 1. The van der Waals surface area contributed by atoms with Gasteiger partial charge in [0.05, 0.1) is 5.52 Å². The van der Waals surface area contributed by atoms with Crippen LogP contribution in [-0.2, 0) is 4.79 Å². The number of aromatic amines is 1. The fraction of sp³-hybridized carbons (Fsp3) is 0.273. The van der Waals surface area contributed by atoms with Crippen LogP contribution < -0.4 is 11.1 Å². The second-order valence-corrected chi connectivity index (χ2v) is 4.08. The third-order valence-electron chi connectivity index (χ3n) is 2.37. The van der Waals surface area contributed by atoms with Crippen molar-refractivity contribution >= 4 is 34.3 Å². The van der Waals surface area contributed by atoms with Gasteiger partial charge < -0.3 is 9.73 Å². The van der Waals surface area contributed by atoms with Gasteiger partial charge in [0.2, 0.25) is 5.91 Å². The van der Waals surface area contributed by atoms with E-state index in [9.17, 15) is 9.59 Å². The van der Waals surface area contributed by atoms with Gasteiger partial charge in [-0.05, 0) is 18.2 Å². The van der Waals surface area contributed by atoms with E-state index in [1.807, 2.05) is 0 Å². The number of benzene rings is 1. The highest BCUT2D eigenvalue weighted by Gasteiger charge is 2.12. The first-order valence-electron chi connectivity index (χ1n) is 5.10. The highest BCUT2D eigenvalue weighted by molar-refractivity contribution is 6.19. The topological polar surface area (TPSA) is 75.1 Å². The zero-order chi connectivity index (χ0) is 12.4. The molecule has 1 aromatic heterocycles. The summed E-state index contributed by atoms with van der Waals surface area (Å²) in [5, 5.41) is 2.71. The van der Waals surface area contributed by atoms with Crippen LogP contribution in [-0.4, -0.2) is 16.8 Å². The quantitative estimate of drug-likeness (QED) is 0.822. The van der Waals surface area contributed by atoms with Crippen molar-refractivity contribution in [1.29, 1.82) is 0 Å². The summed E-state index contributed by atoms with van der Waals surface area (Å²) in [6, 6.07) is 4.92. The number of rotatable bonds is 3. The van der Waals surface area contributed by atoms with Crippen molar-refractivity contribution in [2.24, 2.45) is 5.92 Å². The zero-order valence-electron chi connectivity index (χ0n) is 9.12. The van der Waals surface area contributed by atoms with Crippen LogP contribution in [0.3, 0.4) is 0 Å². The van der Waals surface area contributed by atoms with Crippen LogP contribution in [0, 0.1) is 5.92 Å². The highest BCUT2D eigenvalue weighted by atomic mass is 35.5. The number of halogens is 1. The molecule has 0 aliphatic rings. The number of fused-ring (bicyclic) bond motifs is 1. The molecule has 2 aromatic rings. The Morgan fingerprint density at radius 2 is 2.35 bits per heavy atom. The second kappa shape index (κ2) is 4.63. The fourth-order valence-corrected chi connectivity index (χ4v) is 1.51. The highest BCUT2D eigenvalue weighted by Crippen LogP contribution is 2.16. The number of nitrogens with one attached hydrogen (secondary N) is 2. The molecular formula is C11H11ClN2O3. The summed E-state index contributed by atoms with van der Waals surface area (Å²) in [7, 11) is 0. The number of hydrogen-bond acceptors (Lipinski definition) is 3. The van der Waals surface area contributed by atoms with Crippen LogP contribution in [0.15, 0.2) is 27.4 Å². The van der Waals surface area contributed by atoms with E-state index in [0.717, 1.165) is 0 Å². The number of carbonyl (C=O) groups is 1. The number of hydrogen-bond donors (Lipinski definition) is 2. The molecule has 2 rings (SSSR count). The van der Waals surface area contributed by atoms with Crippen LogP contribution in [0.1, 0.15) is 6.92 Å². The second-order valence-electron chi connectivity index (χ2n) is 3.77. The molecule has 1 unspecified atom stereocenters. The molecule has 0 saturated heterocycles. The van der Waals surface area contributed by atoms with E-state index < -0.39 is 5.76 Å². The Balaban J connectivity index is 2.24. The summed E-state index contributed by atoms with van der Waals surface area (Å²) in [5.74, 6) is -0.685. The molecule has 90 valence electrons. The molecule has 1 aromatic carbocycles. The van der Waals surface area contributed by atoms with Gasteiger partial charge in [-0.15, -0.1) is 11.6 Å². The van der Waals surface area contributed by atoms with Gasteiger partial charge in [0.1, 0.15) is 0 Å². The summed E-state index contributed by atoms with van der Waals surface area (Å²) in [6.07, 6.45) is 0. The van der Waals surface area contributed by atoms with Crippen LogP contribution in [0.4, 0.5) is 5.69 Å². The van der Waals surface area contributed by atoms with E-state index in [0.29, 0.717) is 16.8 Å². The SMILES string of the molecule is CC(CCl)C(=O)Nc1ccc2oc(=O)[nH]c2c1. The molecule has 1 amide bonds. The third-order valence-corrected chi connectivity index (χ3v) is 2.83. The lowest BCUT2D eigenvalue weighted by atomic mass is 10.2. The van der Waals surface area contributed by atoms with Gasteiger partial charge in [-0.1, -0.05) is 6.92 Å². The van der Waals surface area contributed by atoms with E-state index in [1.165, 1.54) is 0 Å². The predicted molar refractivity (Wildman–Crippen MR) is 65.3 cm³/mol. The van der Waals surface area contributed by atoms with Crippen molar-refractivity contribution in [3.8, 4) is 0 Å². The summed E-state index contributed by atoms with van der Waals surface area (Å²) < 4.78 is 4.85. The molecule has 0 fully saturated rings. The zero-order valence-corrected chi connectivity index (χ0v) is 9.88. The summed E-state index contributed by atoms with van der Waals surface area (Å²) in [6.45, 7) is 1.74. The molecule has 1 atom stereocenters. The first kappa shape index (κ1) is 11.7. The van der Waals surface area contributed by atoms with Gasteiger partial charge in [-0.2, -0.15) is 0 Å². The monoisotopic (exact) mass is 254 g/mol. The van der Waals surface area contributed by atoms with Gasteiger partial charge in [0.15, 0.2) is 5.58 Å². The Morgan fingerprint density at radius 3 is 3.06 bits per heavy atom. The smallest absolute Gasteiger partial charge is 0.408 e. The average molecular weight is 255 g/mol. The lowest BCUT2D eigenvalue weighted by molar-refractivity contribution is -0.118. The molecule has 5 nitrogen and oxygen atoms in total. The van der Waals surface area contributed by atoms with Gasteiger partial charge >= 0.3 is 5.76 Å². The maximum atomic E-state index is 11.6. The molecule has 1 heterocycles. The number of aromatic nitrogens is 1. The maximum Gasteiger partial charge on any atom is 0.417 e. The molecule has 17 heavy (non-hydrogen) atoms. The van der Waals surface area contributed by atoms with E-state index in [2.05, 4.69) is 10.3 Å². The Kier molecular flexibility index (Phi) is 3.19. The first-order chi connectivity index (χ1) is 8.10. The average Bonchev–Trinajstić information content (AvgIpc) is 2.67. The molecule has 0 bridgehead atoms. The Bertz CT molecular complexity index is 602. The Hall–Kier alpha value is -1.75. The normalized spacial score (nSPS) is 12.6. The predicted octanol–water partition coefficient (Wildman–Crippen LogP) is 1.93. The van der Waals surface area contributed by atoms with E-state index in [1.54, 1.807) is 25.1 Å². The molecule has 0 aliphatic heterocycles. The summed E-state index contributed by atoms with van der Waals surface area (Å²) in [5.41, 5.74) is 1.60. The van der Waals surface area contributed by atoms with Gasteiger partial charge in [-0.25, -0.2) is 4.79 Å². The molecule has 0 aliphatic carbocycles. The van der Waals surface area contributed by atoms with Gasteiger partial charge in [0.25, 0.3) is 0 Å². The lowest BCUT2D eigenvalue weighted by Crippen LogP contribution is -2.21. The molecular weight excluding hydrogens is 244 g/mol. The van der Waals surface area contributed by atoms with Crippen molar-refractivity contribution in [2.75, 3.05) is 11.2 Å². The summed E-state index contributed by atoms with van der Waals surface area (Å²) >= 11 is 5.59. The molecule has 0 saturated carbocycles.